The first-order valence-corrected chi connectivity index (χ1v) is 11.5. The lowest BCUT2D eigenvalue weighted by atomic mass is 9.97. The molecule has 1 unspecified atom stereocenters. The number of carbonyl (C=O) groups excluding carboxylic acids is 1. The van der Waals surface area contributed by atoms with Crippen molar-refractivity contribution in [1.29, 1.82) is 0 Å². The van der Waals surface area contributed by atoms with Crippen molar-refractivity contribution in [3.8, 4) is 0 Å². The van der Waals surface area contributed by atoms with E-state index in [4.69, 9.17) is 0 Å². The summed E-state index contributed by atoms with van der Waals surface area (Å²) < 4.78 is 0. The maximum absolute atomic E-state index is 13.1. The minimum atomic E-state index is 0.258. The Morgan fingerprint density at radius 3 is 2.82 bits per heavy atom. The van der Waals surface area contributed by atoms with Crippen LogP contribution in [0.1, 0.15) is 54.3 Å². The van der Waals surface area contributed by atoms with Crippen LogP contribution in [0.3, 0.4) is 0 Å². The van der Waals surface area contributed by atoms with Crippen molar-refractivity contribution in [2.45, 2.75) is 44.6 Å². The maximum atomic E-state index is 13.1. The van der Waals surface area contributed by atoms with E-state index in [0.29, 0.717) is 12.5 Å². The second kappa shape index (κ2) is 7.52. The number of H-pyrrole nitrogens is 1. The van der Waals surface area contributed by atoms with Crippen molar-refractivity contribution in [2.75, 3.05) is 44.2 Å². The fourth-order valence-corrected chi connectivity index (χ4v) is 5.57. The third-order valence-corrected chi connectivity index (χ3v) is 7.45. The first-order chi connectivity index (χ1) is 13.7. The minimum Gasteiger partial charge on any atom is -0.353 e. The third-order valence-electron chi connectivity index (χ3n) is 6.46. The van der Waals surface area contributed by atoms with E-state index in [-0.39, 0.29) is 11.9 Å². The molecule has 1 saturated heterocycles. The van der Waals surface area contributed by atoms with Crippen molar-refractivity contribution in [3.05, 3.63) is 33.6 Å². The van der Waals surface area contributed by atoms with Gasteiger partial charge in [-0.15, -0.1) is 11.3 Å². The zero-order valence-corrected chi connectivity index (χ0v) is 17.4. The number of piperazine rings is 1. The summed E-state index contributed by atoms with van der Waals surface area (Å²) in [5.41, 5.74) is 2.66. The molecule has 1 atom stereocenters. The topological polar surface area (TPSA) is 55.5 Å². The molecular weight excluding hydrogens is 370 g/mol. The molecule has 0 bridgehead atoms. The van der Waals surface area contributed by atoms with Gasteiger partial charge in [0, 0.05) is 55.3 Å². The molecule has 0 radical (unpaired) electrons. The molecule has 0 aromatic carbocycles. The van der Waals surface area contributed by atoms with E-state index >= 15 is 0 Å². The third kappa shape index (κ3) is 3.46. The number of aromatic amines is 1. The Bertz CT molecular complexity index is 833. The number of amides is 1. The zero-order valence-electron chi connectivity index (χ0n) is 16.6. The Labute approximate surface area is 170 Å². The van der Waals surface area contributed by atoms with Crippen LogP contribution in [0.4, 0.5) is 5.82 Å². The van der Waals surface area contributed by atoms with E-state index < -0.39 is 0 Å². The summed E-state index contributed by atoms with van der Waals surface area (Å²) in [7, 11) is 0. The van der Waals surface area contributed by atoms with Crippen LogP contribution in [0.5, 0.6) is 0 Å². The molecule has 3 aliphatic rings. The van der Waals surface area contributed by atoms with Crippen LogP contribution in [-0.4, -0.2) is 65.2 Å². The van der Waals surface area contributed by atoms with Crippen molar-refractivity contribution >= 4 is 23.1 Å². The molecule has 1 N–H and O–H groups in total. The van der Waals surface area contributed by atoms with Gasteiger partial charge in [0.25, 0.3) is 0 Å². The highest BCUT2D eigenvalue weighted by Crippen LogP contribution is 2.40. The number of aromatic nitrogens is 2. The monoisotopic (exact) mass is 399 g/mol. The summed E-state index contributed by atoms with van der Waals surface area (Å²) in [6.45, 7) is 7.32. The van der Waals surface area contributed by atoms with E-state index in [9.17, 15) is 4.79 Å². The molecule has 0 spiro atoms. The van der Waals surface area contributed by atoms with Gasteiger partial charge in [0.1, 0.15) is 0 Å². The first-order valence-electron chi connectivity index (χ1n) is 10.6. The number of hydrogen-bond acceptors (Lipinski definition) is 5. The van der Waals surface area contributed by atoms with Gasteiger partial charge in [0.15, 0.2) is 5.82 Å². The van der Waals surface area contributed by atoms with Crippen LogP contribution in [0.25, 0.3) is 0 Å². The Hall–Kier alpha value is -1.86. The lowest BCUT2D eigenvalue weighted by molar-refractivity contribution is -0.135. The number of fused-ring (bicyclic) bond motifs is 1. The van der Waals surface area contributed by atoms with Crippen LogP contribution >= 0.6 is 11.3 Å². The molecule has 2 aliphatic heterocycles. The molecule has 2 aromatic rings. The van der Waals surface area contributed by atoms with E-state index in [1.807, 2.05) is 11.3 Å². The highest BCUT2D eigenvalue weighted by atomic mass is 32.1. The molecule has 28 heavy (non-hydrogen) atoms. The zero-order chi connectivity index (χ0) is 19.1. The van der Waals surface area contributed by atoms with Crippen molar-refractivity contribution in [2.24, 2.45) is 0 Å². The van der Waals surface area contributed by atoms with Crippen LogP contribution < -0.4 is 4.90 Å². The smallest absolute Gasteiger partial charge is 0.237 e. The molecular formula is C21H29N5OS. The summed E-state index contributed by atoms with van der Waals surface area (Å²) in [6, 6.07) is 4.69. The highest BCUT2D eigenvalue weighted by Gasteiger charge is 2.32. The summed E-state index contributed by atoms with van der Waals surface area (Å²) in [5, 5.41) is 9.88. The number of thiophene rings is 1. The average molecular weight is 400 g/mol. The van der Waals surface area contributed by atoms with Gasteiger partial charge in [0.05, 0.1) is 12.6 Å². The van der Waals surface area contributed by atoms with Gasteiger partial charge in [-0.05, 0) is 42.7 Å². The molecule has 6 nitrogen and oxygen atoms in total. The van der Waals surface area contributed by atoms with Gasteiger partial charge >= 0.3 is 0 Å². The van der Waals surface area contributed by atoms with Crippen LogP contribution in [0.15, 0.2) is 17.5 Å². The molecule has 1 saturated carbocycles. The molecule has 150 valence electrons. The van der Waals surface area contributed by atoms with Gasteiger partial charge in [-0.3, -0.25) is 14.8 Å². The quantitative estimate of drug-likeness (QED) is 0.840. The molecule has 4 heterocycles. The largest absolute Gasteiger partial charge is 0.353 e. The van der Waals surface area contributed by atoms with E-state index in [1.54, 1.807) is 0 Å². The predicted molar refractivity (Wildman–Crippen MR) is 112 cm³/mol. The number of carbonyl (C=O) groups is 1. The standard InChI is InChI=1S/C21H29N5OS/c1-2-18-16-6-12-28-19(16)5-7-26(18)21(27)14-24-8-10-25(11-9-24)20-13-17(22-23-20)15-3-4-15/h6,12-13,15,18H,2-5,7-11,14H2,1H3,(H,22,23). The first kappa shape index (κ1) is 18.2. The fraction of sp³-hybridized carbons (Fsp3) is 0.619. The fourth-order valence-electron chi connectivity index (χ4n) is 4.64. The molecule has 1 amide bonds. The predicted octanol–water partition coefficient (Wildman–Crippen LogP) is 3.01. The molecule has 2 aromatic heterocycles. The Morgan fingerprint density at radius 2 is 2.07 bits per heavy atom. The minimum absolute atomic E-state index is 0.258. The Balaban J connectivity index is 1.16. The van der Waals surface area contributed by atoms with Crippen LogP contribution in [0, 0.1) is 0 Å². The van der Waals surface area contributed by atoms with E-state index in [2.05, 4.69) is 49.3 Å². The average Bonchev–Trinajstić information content (AvgIpc) is 3.25. The van der Waals surface area contributed by atoms with Gasteiger partial charge in [0.2, 0.25) is 5.91 Å². The molecule has 1 aliphatic carbocycles. The normalized spacial score (nSPS) is 23.1. The summed E-state index contributed by atoms with van der Waals surface area (Å²) >= 11 is 1.84. The van der Waals surface area contributed by atoms with Crippen molar-refractivity contribution < 1.29 is 4.79 Å². The van der Waals surface area contributed by atoms with Crippen molar-refractivity contribution in [3.63, 3.8) is 0 Å². The molecule has 2 fully saturated rings. The maximum Gasteiger partial charge on any atom is 0.237 e. The number of hydrogen-bond donors (Lipinski definition) is 1. The summed E-state index contributed by atoms with van der Waals surface area (Å²) in [5.74, 6) is 2.06. The number of nitrogens with zero attached hydrogens (tertiary/aromatic N) is 4. The van der Waals surface area contributed by atoms with Crippen molar-refractivity contribution in [1.82, 2.24) is 20.0 Å². The van der Waals surface area contributed by atoms with Gasteiger partial charge in [-0.2, -0.15) is 5.10 Å². The summed E-state index contributed by atoms with van der Waals surface area (Å²) in [4.78, 5) is 21.3. The second-order valence-corrected chi connectivity index (χ2v) is 9.28. The summed E-state index contributed by atoms with van der Waals surface area (Å²) in [6.07, 6.45) is 4.58. The number of anilines is 1. The molecule has 5 rings (SSSR count). The van der Waals surface area contributed by atoms with Gasteiger partial charge in [-0.25, -0.2) is 0 Å². The van der Waals surface area contributed by atoms with Crippen LogP contribution in [-0.2, 0) is 11.2 Å². The second-order valence-electron chi connectivity index (χ2n) is 8.28. The Morgan fingerprint density at radius 1 is 1.25 bits per heavy atom. The number of rotatable bonds is 5. The van der Waals surface area contributed by atoms with E-state index in [0.717, 1.165) is 51.4 Å². The SMILES string of the molecule is CCC1c2ccsc2CCN1C(=O)CN1CCN(c2cc(C3CC3)[nH]n2)CC1. The van der Waals surface area contributed by atoms with Crippen LogP contribution in [0.2, 0.25) is 0 Å². The lowest BCUT2D eigenvalue weighted by Crippen LogP contribution is -2.51. The lowest BCUT2D eigenvalue weighted by Gasteiger charge is -2.39. The Kier molecular flexibility index (Phi) is 4.88. The number of nitrogens with one attached hydrogen (secondary N) is 1. The van der Waals surface area contributed by atoms with Gasteiger partial charge in [-0.1, -0.05) is 6.92 Å². The highest BCUT2D eigenvalue weighted by molar-refractivity contribution is 7.10. The van der Waals surface area contributed by atoms with E-state index in [1.165, 1.54) is 29.0 Å². The molecule has 7 heteroatoms. The van der Waals surface area contributed by atoms with Gasteiger partial charge < -0.3 is 9.80 Å².